The number of primary amides is 1. The van der Waals surface area contributed by atoms with Crippen LogP contribution in [0.2, 0.25) is 0 Å². The zero-order valence-corrected chi connectivity index (χ0v) is 11.9. The minimum atomic E-state index is -0.406. The van der Waals surface area contributed by atoms with Crippen molar-refractivity contribution in [3.05, 3.63) is 11.3 Å². The van der Waals surface area contributed by atoms with Gasteiger partial charge in [0.05, 0.1) is 17.8 Å². The zero-order valence-electron chi connectivity index (χ0n) is 11.1. The van der Waals surface area contributed by atoms with Crippen LogP contribution in [0.25, 0.3) is 0 Å². The van der Waals surface area contributed by atoms with E-state index in [-0.39, 0.29) is 17.6 Å². The minimum Gasteiger partial charge on any atom is -0.389 e. The second-order valence-electron chi connectivity index (χ2n) is 4.46. The van der Waals surface area contributed by atoms with Gasteiger partial charge in [0.25, 0.3) is 0 Å². The molecule has 1 heterocycles. The summed E-state index contributed by atoms with van der Waals surface area (Å²) in [6.07, 6.45) is 0. The molecule has 0 aliphatic carbocycles. The van der Waals surface area contributed by atoms with Crippen molar-refractivity contribution in [3.8, 4) is 0 Å². The van der Waals surface area contributed by atoms with Gasteiger partial charge >= 0.3 is 0 Å². The van der Waals surface area contributed by atoms with E-state index in [2.05, 4.69) is 5.10 Å². The van der Waals surface area contributed by atoms with Crippen LogP contribution < -0.4 is 16.4 Å². The van der Waals surface area contributed by atoms with E-state index in [0.29, 0.717) is 5.56 Å². The monoisotopic (exact) mass is 269 g/mol. The molecule has 6 nitrogen and oxygen atoms in total. The molecule has 0 aliphatic heterocycles. The molecular weight excluding hydrogens is 250 g/mol. The molecule has 4 N–H and O–H groups in total. The van der Waals surface area contributed by atoms with E-state index < -0.39 is 5.91 Å². The van der Waals surface area contributed by atoms with Crippen LogP contribution in [0.3, 0.4) is 0 Å². The average Bonchev–Trinajstić information content (AvgIpc) is 2.49. The number of hydrogen-bond acceptors (Lipinski definition) is 4. The highest BCUT2D eigenvalue weighted by molar-refractivity contribution is 7.80. The number of aromatic nitrogens is 2. The lowest BCUT2D eigenvalue weighted by atomic mass is 10.2. The maximum absolute atomic E-state index is 11.2. The molecule has 7 heteroatoms. The Kier molecular flexibility index (Phi) is 4.28. The molecule has 1 aromatic heterocycles. The maximum atomic E-state index is 11.2. The lowest BCUT2D eigenvalue weighted by Gasteiger charge is -2.28. The molecule has 0 fully saturated rings. The van der Waals surface area contributed by atoms with E-state index in [4.69, 9.17) is 23.7 Å². The summed E-state index contributed by atoms with van der Waals surface area (Å²) in [5, 5.41) is 4.30. The highest BCUT2D eigenvalue weighted by atomic mass is 32.1. The van der Waals surface area contributed by atoms with Gasteiger partial charge in [0.2, 0.25) is 5.91 Å². The van der Waals surface area contributed by atoms with Crippen LogP contribution in [-0.4, -0.2) is 33.3 Å². The summed E-state index contributed by atoms with van der Waals surface area (Å²) in [5.41, 5.74) is 12.5. The van der Waals surface area contributed by atoms with E-state index in [1.807, 2.05) is 25.7 Å². The summed E-state index contributed by atoms with van der Waals surface area (Å²) in [6.45, 7) is 5.87. The lowest BCUT2D eigenvalue weighted by molar-refractivity contribution is -0.116. The van der Waals surface area contributed by atoms with Gasteiger partial charge in [-0.1, -0.05) is 12.2 Å². The van der Waals surface area contributed by atoms with Gasteiger partial charge in [-0.25, -0.2) is 0 Å². The summed E-state index contributed by atoms with van der Waals surface area (Å²) in [7, 11) is 1.79. The third-order valence-electron chi connectivity index (χ3n) is 2.66. The van der Waals surface area contributed by atoms with Gasteiger partial charge in [-0.2, -0.15) is 5.10 Å². The van der Waals surface area contributed by atoms with Crippen molar-refractivity contribution in [2.75, 3.05) is 11.4 Å². The highest BCUT2D eigenvalue weighted by Gasteiger charge is 2.24. The Morgan fingerprint density at radius 2 is 2.06 bits per heavy atom. The van der Waals surface area contributed by atoms with Crippen LogP contribution in [0, 0.1) is 6.92 Å². The average molecular weight is 269 g/mol. The molecular formula is C11H19N5OS. The van der Waals surface area contributed by atoms with E-state index >= 15 is 0 Å². The predicted octanol–water partition coefficient (Wildman–Crippen LogP) is 0.0628. The molecule has 0 spiro atoms. The van der Waals surface area contributed by atoms with E-state index in [9.17, 15) is 4.79 Å². The lowest BCUT2D eigenvalue weighted by Crippen LogP contribution is -2.40. The third-order valence-corrected chi connectivity index (χ3v) is 2.86. The first-order valence-electron chi connectivity index (χ1n) is 5.64. The largest absolute Gasteiger partial charge is 0.389 e. The Balaban J connectivity index is 3.35. The molecule has 0 aromatic carbocycles. The first kappa shape index (κ1) is 14.4. The zero-order chi connectivity index (χ0) is 14.0. The van der Waals surface area contributed by atoms with Crippen molar-refractivity contribution in [2.45, 2.75) is 26.8 Å². The molecule has 0 bridgehead atoms. The number of carbonyl (C=O) groups is 1. The third kappa shape index (κ3) is 2.79. The number of aryl methyl sites for hydroxylation is 2. The second kappa shape index (κ2) is 5.34. The molecule has 0 saturated heterocycles. The summed E-state index contributed by atoms with van der Waals surface area (Å²) in [5.74, 6) is 0.324. The summed E-state index contributed by atoms with van der Waals surface area (Å²) in [4.78, 5) is 13.3. The van der Waals surface area contributed by atoms with Gasteiger partial charge in [-0.3, -0.25) is 9.48 Å². The Morgan fingerprint density at radius 3 is 2.44 bits per heavy atom. The topological polar surface area (TPSA) is 90.2 Å². The predicted molar refractivity (Wildman–Crippen MR) is 75.5 cm³/mol. The van der Waals surface area contributed by atoms with Crippen molar-refractivity contribution < 1.29 is 4.79 Å². The molecule has 1 amide bonds. The normalized spacial score (nSPS) is 10.7. The van der Waals surface area contributed by atoms with E-state index in [0.717, 1.165) is 11.5 Å². The molecule has 1 rings (SSSR count). The molecule has 0 aliphatic rings. The molecule has 100 valence electrons. The molecule has 0 atom stereocenters. The van der Waals surface area contributed by atoms with Crippen LogP contribution in [0.15, 0.2) is 0 Å². The van der Waals surface area contributed by atoms with Gasteiger partial charge in [-0.15, -0.1) is 0 Å². The van der Waals surface area contributed by atoms with Crippen LogP contribution in [-0.2, 0) is 11.8 Å². The first-order chi connectivity index (χ1) is 8.25. The fourth-order valence-corrected chi connectivity index (χ4v) is 2.17. The van der Waals surface area contributed by atoms with Crippen molar-refractivity contribution in [3.63, 3.8) is 0 Å². The Bertz CT molecular complexity index is 480. The molecule has 0 saturated carbocycles. The fourth-order valence-electron chi connectivity index (χ4n) is 1.93. The Hall–Kier alpha value is -1.63. The van der Waals surface area contributed by atoms with Crippen LogP contribution >= 0.6 is 12.2 Å². The van der Waals surface area contributed by atoms with E-state index in [1.165, 1.54) is 0 Å². The van der Waals surface area contributed by atoms with Gasteiger partial charge in [0.1, 0.15) is 10.8 Å². The molecule has 0 radical (unpaired) electrons. The highest BCUT2D eigenvalue weighted by Crippen LogP contribution is 2.24. The molecule has 0 unspecified atom stereocenters. The van der Waals surface area contributed by atoms with Crippen LogP contribution in [0.5, 0.6) is 0 Å². The summed E-state index contributed by atoms with van der Waals surface area (Å²) in [6, 6.07) is 0.0837. The summed E-state index contributed by atoms with van der Waals surface area (Å²) >= 11 is 5.05. The number of amides is 1. The maximum Gasteiger partial charge on any atom is 0.237 e. The minimum absolute atomic E-state index is 0.0837. The molecule has 18 heavy (non-hydrogen) atoms. The van der Waals surface area contributed by atoms with Gasteiger partial charge in [0, 0.05) is 13.1 Å². The smallest absolute Gasteiger partial charge is 0.237 e. The van der Waals surface area contributed by atoms with Gasteiger partial charge in [0.15, 0.2) is 0 Å². The number of nitrogens with zero attached hydrogens (tertiary/aromatic N) is 3. The van der Waals surface area contributed by atoms with Crippen molar-refractivity contribution >= 4 is 28.9 Å². The fraction of sp³-hybridized carbons (Fsp3) is 0.545. The SMILES string of the molecule is Cc1nn(C)c(N(CC(N)=O)C(C)C)c1C(N)=S. The van der Waals surface area contributed by atoms with Gasteiger partial charge in [-0.05, 0) is 20.8 Å². The Labute approximate surface area is 112 Å². The van der Waals surface area contributed by atoms with Gasteiger partial charge < -0.3 is 16.4 Å². The number of rotatable bonds is 5. The number of carbonyl (C=O) groups excluding carboxylic acids is 1. The van der Waals surface area contributed by atoms with Crippen molar-refractivity contribution in [1.82, 2.24) is 9.78 Å². The number of nitrogens with two attached hydrogens (primary N) is 2. The second-order valence-corrected chi connectivity index (χ2v) is 4.90. The summed E-state index contributed by atoms with van der Waals surface area (Å²) < 4.78 is 1.67. The number of thiocarbonyl (C=S) groups is 1. The van der Waals surface area contributed by atoms with Crippen molar-refractivity contribution in [2.24, 2.45) is 18.5 Å². The van der Waals surface area contributed by atoms with Crippen molar-refractivity contribution in [1.29, 1.82) is 0 Å². The van der Waals surface area contributed by atoms with Crippen LogP contribution in [0.4, 0.5) is 5.82 Å². The standard InChI is InChI=1S/C11H19N5OS/c1-6(2)16(5-8(12)17)11-9(10(13)18)7(3)14-15(11)4/h6H,5H2,1-4H3,(H2,12,17)(H2,13,18). The first-order valence-corrected chi connectivity index (χ1v) is 6.04. The molecule has 1 aromatic rings. The Morgan fingerprint density at radius 1 is 1.50 bits per heavy atom. The number of anilines is 1. The number of hydrogen-bond donors (Lipinski definition) is 2. The quantitative estimate of drug-likeness (QED) is 0.738. The van der Waals surface area contributed by atoms with Crippen LogP contribution in [0.1, 0.15) is 25.1 Å². The van der Waals surface area contributed by atoms with E-state index in [1.54, 1.807) is 11.7 Å².